The molecule has 6 nitrogen and oxygen atoms in total. The lowest BCUT2D eigenvalue weighted by Gasteiger charge is -2.29. The van der Waals surface area contributed by atoms with E-state index in [1.165, 1.54) is 12.6 Å². The molecule has 1 N–H and O–H groups in total. The average molecular weight is 278 g/mol. The minimum absolute atomic E-state index is 0.0890. The number of nitro groups is 1. The predicted octanol–water partition coefficient (Wildman–Crippen LogP) is 2.20. The summed E-state index contributed by atoms with van der Waals surface area (Å²) in [5, 5.41) is 14.6. The Labute approximate surface area is 119 Å². The van der Waals surface area contributed by atoms with Crippen molar-refractivity contribution < 1.29 is 4.92 Å². The smallest absolute Gasteiger partial charge is 0.310 e. The number of rotatable bonds is 6. The van der Waals surface area contributed by atoms with Gasteiger partial charge in [-0.2, -0.15) is 0 Å². The minimum atomic E-state index is -0.349. The first-order valence-corrected chi connectivity index (χ1v) is 7.14. The van der Waals surface area contributed by atoms with Crippen LogP contribution in [0.1, 0.15) is 26.7 Å². The number of hydrogen-bond acceptors (Lipinski definition) is 5. The highest BCUT2D eigenvalue weighted by Crippen LogP contribution is 2.28. The van der Waals surface area contributed by atoms with Crippen molar-refractivity contribution in [1.29, 1.82) is 0 Å². The van der Waals surface area contributed by atoms with Gasteiger partial charge in [-0.1, -0.05) is 13.8 Å². The Morgan fingerprint density at radius 3 is 3.00 bits per heavy atom. The fourth-order valence-corrected chi connectivity index (χ4v) is 2.68. The molecule has 0 aliphatic carbocycles. The molecule has 110 valence electrons. The Morgan fingerprint density at radius 2 is 2.40 bits per heavy atom. The van der Waals surface area contributed by atoms with Gasteiger partial charge in [-0.3, -0.25) is 15.1 Å². The summed E-state index contributed by atoms with van der Waals surface area (Å²) in [4.78, 5) is 16.8. The molecule has 6 heteroatoms. The van der Waals surface area contributed by atoms with Crippen molar-refractivity contribution in [3.63, 3.8) is 0 Å². The van der Waals surface area contributed by atoms with Crippen LogP contribution in [0, 0.1) is 16.0 Å². The van der Waals surface area contributed by atoms with Gasteiger partial charge in [0.15, 0.2) is 0 Å². The van der Waals surface area contributed by atoms with Crippen molar-refractivity contribution in [2.75, 3.05) is 24.5 Å². The third-order valence-corrected chi connectivity index (χ3v) is 3.50. The van der Waals surface area contributed by atoms with E-state index in [0.29, 0.717) is 17.6 Å². The zero-order chi connectivity index (χ0) is 14.5. The fraction of sp³-hybridized carbons (Fsp3) is 0.643. The van der Waals surface area contributed by atoms with Crippen LogP contribution in [0.5, 0.6) is 0 Å². The van der Waals surface area contributed by atoms with Gasteiger partial charge in [-0.25, -0.2) is 0 Å². The van der Waals surface area contributed by atoms with Gasteiger partial charge in [0.25, 0.3) is 0 Å². The normalized spacial score (nSPS) is 18.4. The molecule has 0 spiro atoms. The Bertz CT molecular complexity index is 458. The van der Waals surface area contributed by atoms with E-state index in [1.54, 1.807) is 12.3 Å². The topological polar surface area (TPSA) is 71.3 Å². The molecule has 1 fully saturated rings. The molecular formula is C14H22N4O2. The number of nitrogens with zero attached hydrogens (tertiary/aromatic N) is 3. The number of nitrogens with one attached hydrogen (secondary N) is 1. The molecule has 0 amide bonds. The molecule has 1 atom stereocenters. The third kappa shape index (κ3) is 3.66. The molecule has 0 bridgehead atoms. The van der Waals surface area contributed by atoms with Gasteiger partial charge in [0, 0.05) is 25.3 Å². The maximum absolute atomic E-state index is 11.2. The first-order valence-electron chi connectivity index (χ1n) is 7.14. The molecule has 1 saturated heterocycles. The summed E-state index contributed by atoms with van der Waals surface area (Å²) >= 11 is 0. The van der Waals surface area contributed by atoms with Gasteiger partial charge in [-0.05, 0) is 31.4 Å². The van der Waals surface area contributed by atoms with Crippen LogP contribution in [-0.2, 0) is 0 Å². The highest BCUT2D eigenvalue weighted by atomic mass is 16.6. The highest BCUT2D eigenvalue weighted by molar-refractivity contribution is 5.61. The highest BCUT2D eigenvalue weighted by Gasteiger charge is 2.24. The summed E-state index contributed by atoms with van der Waals surface area (Å²) in [5.41, 5.74) is 0.763. The molecule has 0 saturated carbocycles. The van der Waals surface area contributed by atoms with Crippen LogP contribution in [0.15, 0.2) is 18.5 Å². The van der Waals surface area contributed by atoms with E-state index < -0.39 is 0 Å². The van der Waals surface area contributed by atoms with Gasteiger partial charge >= 0.3 is 5.69 Å². The fourth-order valence-electron chi connectivity index (χ4n) is 2.68. The summed E-state index contributed by atoms with van der Waals surface area (Å²) < 4.78 is 0. The molecule has 20 heavy (non-hydrogen) atoms. The SMILES string of the molecule is CC(C)CN(CC1CCCN1)c1ccncc1[N+](=O)[O-]. The molecule has 1 aromatic heterocycles. The van der Waals surface area contributed by atoms with Gasteiger partial charge in [0.2, 0.25) is 0 Å². The van der Waals surface area contributed by atoms with Crippen LogP contribution >= 0.6 is 0 Å². The molecule has 1 aliphatic rings. The second kappa shape index (κ2) is 6.65. The van der Waals surface area contributed by atoms with Crippen LogP contribution in [0.4, 0.5) is 11.4 Å². The summed E-state index contributed by atoms with van der Waals surface area (Å²) in [6, 6.07) is 2.16. The molecule has 1 aliphatic heterocycles. The van der Waals surface area contributed by atoms with Crippen LogP contribution in [0.3, 0.4) is 0 Å². The van der Waals surface area contributed by atoms with E-state index in [-0.39, 0.29) is 10.6 Å². The van der Waals surface area contributed by atoms with Crippen molar-refractivity contribution in [1.82, 2.24) is 10.3 Å². The van der Waals surface area contributed by atoms with Crippen molar-refractivity contribution in [3.8, 4) is 0 Å². The zero-order valence-corrected chi connectivity index (χ0v) is 12.1. The largest absolute Gasteiger partial charge is 0.364 e. The lowest BCUT2D eigenvalue weighted by molar-refractivity contribution is -0.384. The molecule has 1 unspecified atom stereocenters. The second-order valence-electron chi connectivity index (χ2n) is 5.71. The maximum Gasteiger partial charge on any atom is 0.310 e. The Balaban J connectivity index is 2.22. The molecule has 1 aromatic rings. The van der Waals surface area contributed by atoms with Crippen LogP contribution in [0.25, 0.3) is 0 Å². The minimum Gasteiger partial charge on any atom is -0.364 e. The van der Waals surface area contributed by atoms with E-state index in [2.05, 4.69) is 29.0 Å². The standard InChI is InChI=1S/C14H22N4O2/c1-11(2)9-17(10-12-4-3-6-16-12)13-5-7-15-8-14(13)18(19)20/h5,7-8,11-12,16H,3-4,6,9-10H2,1-2H3. The van der Waals surface area contributed by atoms with E-state index in [9.17, 15) is 10.1 Å². The number of aromatic nitrogens is 1. The van der Waals surface area contributed by atoms with Gasteiger partial charge in [0.05, 0.1) is 4.92 Å². The summed E-state index contributed by atoms with van der Waals surface area (Å²) in [6.07, 6.45) is 5.27. The first kappa shape index (κ1) is 14.7. The van der Waals surface area contributed by atoms with Gasteiger partial charge < -0.3 is 10.2 Å². The molecule has 2 heterocycles. The third-order valence-electron chi connectivity index (χ3n) is 3.50. The number of hydrogen-bond donors (Lipinski definition) is 1. The van der Waals surface area contributed by atoms with Crippen molar-refractivity contribution in [3.05, 3.63) is 28.6 Å². The van der Waals surface area contributed by atoms with E-state index >= 15 is 0 Å². The summed E-state index contributed by atoms with van der Waals surface area (Å²) in [5.74, 6) is 0.448. The lowest BCUT2D eigenvalue weighted by atomic mass is 10.1. The van der Waals surface area contributed by atoms with Crippen LogP contribution in [-0.4, -0.2) is 35.6 Å². The second-order valence-corrected chi connectivity index (χ2v) is 5.71. The Kier molecular flexibility index (Phi) is 4.89. The van der Waals surface area contributed by atoms with Crippen LogP contribution < -0.4 is 10.2 Å². The average Bonchev–Trinajstić information content (AvgIpc) is 2.90. The van der Waals surface area contributed by atoms with E-state index in [0.717, 1.165) is 26.1 Å². The maximum atomic E-state index is 11.2. The molecule has 0 radical (unpaired) electrons. The van der Waals surface area contributed by atoms with Gasteiger partial charge in [0.1, 0.15) is 11.9 Å². The first-order chi connectivity index (χ1) is 9.58. The summed E-state index contributed by atoms with van der Waals surface area (Å²) in [7, 11) is 0. The monoisotopic (exact) mass is 278 g/mol. The summed E-state index contributed by atoms with van der Waals surface area (Å²) in [6.45, 7) is 6.91. The number of anilines is 1. The lowest BCUT2D eigenvalue weighted by Crippen LogP contribution is -2.39. The Hall–Kier alpha value is -1.69. The van der Waals surface area contributed by atoms with Crippen molar-refractivity contribution in [2.24, 2.45) is 5.92 Å². The van der Waals surface area contributed by atoms with E-state index in [1.807, 2.05) is 0 Å². The van der Waals surface area contributed by atoms with Crippen LogP contribution in [0.2, 0.25) is 0 Å². The van der Waals surface area contributed by atoms with E-state index in [4.69, 9.17) is 0 Å². The predicted molar refractivity (Wildman–Crippen MR) is 79.0 cm³/mol. The zero-order valence-electron chi connectivity index (χ0n) is 12.1. The molecular weight excluding hydrogens is 256 g/mol. The Morgan fingerprint density at radius 1 is 1.60 bits per heavy atom. The number of pyridine rings is 1. The molecule has 0 aromatic carbocycles. The quantitative estimate of drug-likeness (QED) is 0.638. The van der Waals surface area contributed by atoms with Crippen molar-refractivity contribution in [2.45, 2.75) is 32.7 Å². The molecule has 2 rings (SSSR count). The van der Waals surface area contributed by atoms with Gasteiger partial charge in [-0.15, -0.1) is 0 Å². The van der Waals surface area contributed by atoms with Crippen molar-refractivity contribution >= 4 is 11.4 Å².